The van der Waals surface area contributed by atoms with Gasteiger partial charge in [0, 0.05) is 10.0 Å². The van der Waals surface area contributed by atoms with Crippen LogP contribution in [0.4, 0.5) is 4.39 Å². The number of aromatic nitrogens is 2. The molecule has 0 fully saturated rings. The first kappa shape index (κ1) is 16.8. The lowest BCUT2D eigenvalue weighted by Gasteiger charge is -2.11. The van der Waals surface area contributed by atoms with Gasteiger partial charge in [-0.3, -0.25) is 14.6 Å². The fraction of sp³-hybridized carbons (Fsp3) is 0. The second-order valence-corrected chi connectivity index (χ2v) is 6.02. The van der Waals surface area contributed by atoms with Gasteiger partial charge in [0.1, 0.15) is 11.4 Å². The molecule has 0 spiro atoms. The summed E-state index contributed by atoms with van der Waals surface area (Å²) >= 11 is 3.25. The van der Waals surface area contributed by atoms with Crippen LogP contribution in [-0.4, -0.2) is 20.4 Å². The number of hydrogen-bond donors (Lipinski definition) is 2. The van der Waals surface area contributed by atoms with Crippen LogP contribution in [0.1, 0.15) is 15.9 Å². The topological polar surface area (TPSA) is 92.2 Å². The molecule has 0 saturated carbocycles. The highest BCUT2D eigenvalue weighted by Gasteiger charge is 2.23. The van der Waals surface area contributed by atoms with E-state index in [9.17, 15) is 23.9 Å². The minimum Gasteiger partial charge on any atom is -0.493 e. The first-order valence-corrected chi connectivity index (χ1v) is 7.82. The van der Waals surface area contributed by atoms with Crippen molar-refractivity contribution in [2.75, 3.05) is 0 Å². The normalized spacial score (nSPS) is 10.6. The van der Waals surface area contributed by atoms with Gasteiger partial charge < -0.3 is 5.11 Å². The number of carbonyl (C=O) groups is 1. The second kappa shape index (κ2) is 6.48. The second-order valence-electron chi connectivity index (χ2n) is 5.11. The minimum atomic E-state index is -1.02. The largest absolute Gasteiger partial charge is 0.493 e. The quantitative estimate of drug-likeness (QED) is 0.655. The van der Waals surface area contributed by atoms with E-state index >= 15 is 0 Å². The summed E-state index contributed by atoms with van der Waals surface area (Å²) in [5.74, 6) is -2.16. The Morgan fingerprint density at radius 1 is 1.04 bits per heavy atom. The van der Waals surface area contributed by atoms with E-state index in [-0.39, 0.29) is 11.3 Å². The van der Waals surface area contributed by atoms with Crippen molar-refractivity contribution in [1.29, 1.82) is 0 Å². The molecule has 25 heavy (non-hydrogen) atoms. The third-order valence-corrected chi connectivity index (χ3v) is 4.03. The average Bonchev–Trinajstić information content (AvgIpc) is 2.56. The van der Waals surface area contributed by atoms with Crippen LogP contribution < -0.4 is 11.2 Å². The Morgan fingerprint density at radius 2 is 1.64 bits per heavy atom. The van der Waals surface area contributed by atoms with Crippen LogP contribution in [0.3, 0.4) is 0 Å². The van der Waals surface area contributed by atoms with E-state index in [0.717, 1.165) is 21.2 Å². The van der Waals surface area contributed by atoms with Crippen LogP contribution in [0.5, 0.6) is 5.88 Å². The van der Waals surface area contributed by atoms with E-state index in [1.54, 1.807) is 12.1 Å². The predicted molar refractivity (Wildman–Crippen MR) is 91.9 cm³/mol. The van der Waals surface area contributed by atoms with E-state index in [4.69, 9.17) is 0 Å². The molecular weight excluding hydrogens is 395 g/mol. The summed E-state index contributed by atoms with van der Waals surface area (Å²) in [6.07, 6.45) is 0. The van der Waals surface area contributed by atoms with Crippen LogP contribution in [0.25, 0.3) is 5.69 Å². The zero-order valence-corrected chi connectivity index (χ0v) is 14.1. The van der Waals surface area contributed by atoms with Crippen LogP contribution in [0.2, 0.25) is 0 Å². The molecule has 2 aromatic carbocycles. The molecule has 0 atom stereocenters. The molecule has 3 aromatic rings. The van der Waals surface area contributed by atoms with Crippen molar-refractivity contribution >= 4 is 21.7 Å². The molecule has 2 N–H and O–H groups in total. The number of aromatic amines is 1. The van der Waals surface area contributed by atoms with Gasteiger partial charge in [0.2, 0.25) is 11.7 Å². The number of rotatable bonds is 3. The highest BCUT2D eigenvalue weighted by atomic mass is 79.9. The van der Waals surface area contributed by atoms with Gasteiger partial charge in [-0.15, -0.1) is 0 Å². The molecule has 1 aromatic heterocycles. The number of halogens is 2. The van der Waals surface area contributed by atoms with Gasteiger partial charge in [0.15, 0.2) is 0 Å². The molecule has 0 saturated heterocycles. The van der Waals surface area contributed by atoms with Crippen molar-refractivity contribution < 1.29 is 14.3 Å². The Balaban J connectivity index is 2.21. The average molecular weight is 405 g/mol. The van der Waals surface area contributed by atoms with Crippen LogP contribution in [0.15, 0.2) is 62.6 Å². The van der Waals surface area contributed by atoms with Gasteiger partial charge in [-0.25, -0.2) is 13.8 Å². The molecule has 0 unspecified atom stereocenters. The van der Waals surface area contributed by atoms with Gasteiger partial charge in [0.25, 0.3) is 5.56 Å². The molecule has 8 heteroatoms. The highest BCUT2D eigenvalue weighted by Crippen LogP contribution is 2.21. The van der Waals surface area contributed by atoms with Crippen LogP contribution >= 0.6 is 15.9 Å². The van der Waals surface area contributed by atoms with Crippen molar-refractivity contribution in [3.63, 3.8) is 0 Å². The highest BCUT2D eigenvalue weighted by molar-refractivity contribution is 9.10. The monoisotopic (exact) mass is 404 g/mol. The van der Waals surface area contributed by atoms with Gasteiger partial charge in [-0.2, -0.15) is 0 Å². The summed E-state index contributed by atoms with van der Waals surface area (Å²) < 4.78 is 14.6. The van der Waals surface area contributed by atoms with Crippen molar-refractivity contribution in [1.82, 2.24) is 9.55 Å². The van der Waals surface area contributed by atoms with Gasteiger partial charge in [-0.1, -0.05) is 15.9 Å². The smallest absolute Gasteiger partial charge is 0.335 e. The Bertz CT molecular complexity index is 1070. The van der Waals surface area contributed by atoms with Crippen LogP contribution in [0, 0.1) is 5.82 Å². The number of hydrogen-bond acceptors (Lipinski definition) is 4. The third-order valence-electron chi connectivity index (χ3n) is 3.50. The maximum atomic E-state index is 13.0. The maximum absolute atomic E-state index is 13.0. The van der Waals surface area contributed by atoms with Gasteiger partial charge in [0.05, 0.1) is 5.69 Å². The van der Waals surface area contributed by atoms with Gasteiger partial charge >= 0.3 is 5.69 Å². The summed E-state index contributed by atoms with van der Waals surface area (Å²) in [4.78, 5) is 38.7. The van der Waals surface area contributed by atoms with E-state index in [1.807, 2.05) is 4.98 Å². The Kier molecular flexibility index (Phi) is 4.37. The predicted octanol–water partition coefficient (Wildman–Crippen LogP) is 2.36. The van der Waals surface area contributed by atoms with E-state index < -0.39 is 34.3 Å². The number of carbonyl (C=O) groups excluding carboxylic acids is 1. The SMILES string of the molecule is O=C(c1ccc(F)cc1)c1c(O)n(-c2ccc(Br)cc2)c(=O)[nH]c1=O. The lowest BCUT2D eigenvalue weighted by atomic mass is 10.1. The minimum absolute atomic E-state index is 0.00297. The summed E-state index contributed by atoms with van der Waals surface area (Å²) in [6.45, 7) is 0. The standard InChI is InChI=1S/C17H10BrFN2O4/c18-10-3-7-12(8-4-10)21-16(24)13(15(23)20-17(21)25)14(22)9-1-5-11(19)6-2-9/h1-8,24H,(H,20,23,25). The first-order chi connectivity index (χ1) is 11.9. The van der Waals surface area contributed by atoms with Crippen LogP contribution in [-0.2, 0) is 0 Å². The Morgan fingerprint density at radius 3 is 2.24 bits per heavy atom. The van der Waals surface area contributed by atoms with E-state index in [1.165, 1.54) is 24.3 Å². The number of H-pyrrole nitrogens is 1. The van der Waals surface area contributed by atoms with E-state index in [0.29, 0.717) is 0 Å². The molecule has 0 aliphatic carbocycles. The van der Waals surface area contributed by atoms with E-state index in [2.05, 4.69) is 15.9 Å². The van der Waals surface area contributed by atoms with Gasteiger partial charge in [-0.05, 0) is 48.5 Å². The fourth-order valence-electron chi connectivity index (χ4n) is 2.31. The molecule has 0 aliphatic heterocycles. The molecule has 0 radical (unpaired) electrons. The molecule has 3 rings (SSSR count). The Labute approximate surface area is 148 Å². The first-order valence-electron chi connectivity index (χ1n) is 7.03. The molecule has 1 heterocycles. The molecule has 0 bridgehead atoms. The van der Waals surface area contributed by atoms with Crippen molar-refractivity contribution in [3.05, 3.63) is 90.8 Å². The number of nitrogens with zero attached hydrogens (tertiary/aromatic N) is 1. The molecule has 6 nitrogen and oxygen atoms in total. The van der Waals surface area contributed by atoms with Crippen molar-refractivity contribution in [2.45, 2.75) is 0 Å². The molecular formula is C17H10BrFN2O4. The molecule has 0 aliphatic rings. The molecule has 0 amide bonds. The summed E-state index contributed by atoms with van der Waals surface area (Å²) in [6, 6.07) is 10.8. The van der Waals surface area contributed by atoms with Crippen molar-refractivity contribution in [2.24, 2.45) is 0 Å². The zero-order chi connectivity index (χ0) is 18.1. The number of nitrogens with one attached hydrogen (secondary N) is 1. The number of ketones is 1. The van der Waals surface area contributed by atoms with Crippen molar-refractivity contribution in [3.8, 4) is 11.6 Å². The fourth-order valence-corrected chi connectivity index (χ4v) is 2.57. The maximum Gasteiger partial charge on any atom is 0.335 e. The summed E-state index contributed by atoms with van der Waals surface area (Å²) in [7, 11) is 0. The lowest BCUT2D eigenvalue weighted by molar-refractivity contribution is 0.103. The Hall–Kier alpha value is -3.00. The zero-order valence-electron chi connectivity index (χ0n) is 12.5. The lowest BCUT2D eigenvalue weighted by Crippen LogP contribution is -2.33. The molecule has 126 valence electrons. The summed E-state index contributed by atoms with van der Waals surface area (Å²) in [5.41, 5.74) is -2.25. The summed E-state index contributed by atoms with van der Waals surface area (Å²) in [5, 5.41) is 10.4. The third kappa shape index (κ3) is 3.16. The number of benzene rings is 2. The number of aromatic hydroxyl groups is 1.